The molecule has 6 nitrogen and oxygen atoms in total. The van der Waals surface area contributed by atoms with Crippen molar-refractivity contribution in [1.82, 2.24) is 14.9 Å². The Morgan fingerprint density at radius 3 is 2.69 bits per heavy atom. The second-order valence-electron chi connectivity index (χ2n) is 6.44. The van der Waals surface area contributed by atoms with Gasteiger partial charge in [0.25, 0.3) is 5.91 Å². The molecule has 1 unspecified atom stereocenters. The van der Waals surface area contributed by atoms with Gasteiger partial charge in [0.05, 0.1) is 25.9 Å². The van der Waals surface area contributed by atoms with E-state index in [1.807, 2.05) is 10.8 Å². The van der Waals surface area contributed by atoms with Crippen LogP contribution in [0.25, 0.3) is 0 Å². The molecule has 29 heavy (non-hydrogen) atoms. The number of carbonyl (C=O) groups excluding carboxylic acids is 2. The van der Waals surface area contributed by atoms with Crippen LogP contribution in [0.2, 0.25) is 10.0 Å². The summed E-state index contributed by atoms with van der Waals surface area (Å²) in [5, 5.41) is 3.83. The van der Waals surface area contributed by atoms with Crippen LogP contribution in [-0.2, 0) is 16.1 Å². The van der Waals surface area contributed by atoms with E-state index in [1.54, 1.807) is 55.0 Å². The average Bonchev–Trinajstić information content (AvgIpc) is 3.19. The van der Waals surface area contributed by atoms with Gasteiger partial charge in [-0.2, -0.15) is 0 Å². The van der Waals surface area contributed by atoms with Crippen LogP contribution in [-0.4, -0.2) is 28.5 Å². The van der Waals surface area contributed by atoms with Gasteiger partial charge in [-0.3, -0.25) is 9.59 Å². The highest BCUT2D eigenvalue weighted by Crippen LogP contribution is 2.23. The van der Waals surface area contributed by atoms with Crippen molar-refractivity contribution >= 4 is 35.1 Å². The van der Waals surface area contributed by atoms with E-state index < -0.39 is 12.0 Å². The lowest BCUT2D eigenvalue weighted by atomic mass is 10.0. The molecular formula is C21H19Cl2N3O3. The number of rotatable bonds is 7. The van der Waals surface area contributed by atoms with E-state index in [9.17, 15) is 9.59 Å². The molecule has 3 rings (SSSR count). The maximum Gasteiger partial charge on any atom is 0.307 e. The van der Waals surface area contributed by atoms with Crippen molar-refractivity contribution in [3.63, 3.8) is 0 Å². The second-order valence-corrected chi connectivity index (χ2v) is 7.32. The van der Waals surface area contributed by atoms with E-state index in [0.717, 1.165) is 5.56 Å². The smallest absolute Gasteiger partial charge is 0.307 e. The summed E-state index contributed by atoms with van der Waals surface area (Å²) in [6.45, 7) is 0.528. The number of nitrogens with zero attached hydrogens (tertiary/aromatic N) is 2. The highest BCUT2D eigenvalue weighted by molar-refractivity contribution is 6.31. The molecule has 8 heteroatoms. The molecular weight excluding hydrogens is 413 g/mol. The van der Waals surface area contributed by atoms with Crippen molar-refractivity contribution in [1.29, 1.82) is 0 Å². The molecule has 1 atom stereocenters. The Balaban J connectivity index is 1.83. The molecule has 150 valence electrons. The van der Waals surface area contributed by atoms with Crippen LogP contribution < -0.4 is 5.32 Å². The number of hydrogen-bond acceptors (Lipinski definition) is 4. The maximum atomic E-state index is 12.9. The molecule has 0 spiro atoms. The Bertz CT molecular complexity index is 1010. The van der Waals surface area contributed by atoms with Gasteiger partial charge in [0, 0.05) is 34.5 Å². The SMILES string of the molecule is COC(=O)CC(NC(=O)c1cc(Cl)cc(Cn2ccnc2)c1)c1cccc(Cl)c1. The fourth-order valence-electron chi connectivity index (χ4n) is 2.93. The summed E-state index contributed by atoms with van der Waals surface area (Å²) in [7, 11) is 1.30. The van der Waals surface area contributed by atoms with Crippen molar-refractivity contribution < 1.29 is 14.3 Å². The first-order chi connectivity index (χ1) is 13.9. The van der Waals surface area contributed by atoms with Crippen LogP contribution in [0.4, 0.5) is 0 Å². The van der Waals surface area contributed by atoms with Gasteiger partial charge in [0.1, 0.15) is 0 Å². The fourth-order valence-corrected chi connectivity index (χ4v) is 3.39. The molecule has 2 aromatic carbocycles. The van der Waals surface area contributed by atoms with Crippen molar-refractivity contribution in [2.45, 2.75) is 19.0 Å². The Labute approximate surface area is 178 Å². The number of amides is 1. The molecule has 0 aliphatic carbocycles. The Kier molecular flexibility index (Phi) is 6.90. The van der Waals surface area contributed by atoms with E-state index in [1.165, 1.54) is 7.11 Å². The van der Waals surface area contributed by atoms with Crippen molar-refractivity contribution in [3.8, 4) is 0 Å². The van der Waals surface area contributed by atoms with Crippen LogP contribution in [0, 0.1) is 0 Å². The minimum absolute atomic E-state index is 0.0228. The summed E-state index contributed by atoms with van der Waals surface area (Å²) in [6.07, 6.45) is 5.17. The highest BCUT2D eigenvalue weighted by atomic mass is 35.5. The van der Waals surface area contributed by atoms with Gasteiger partial charge in [-0.05, 0) is 41.5 Å². The molecule has 0 radical (unpaired) electrons. The number of methoxy groups -OCH3 is 1. The van der Waals surface area contributed by atoms with Crippen LogP contribution >= 0.6 is 23.2 Å². The largest absolute Gasteiger partial charge is 0.469 e. The zero-order valence-corrected chi connectivity index (χ0v) is 17.2. The monoisotopic (exact) mass is 431 g/mol. The summed E-state index contributed by atoms with van der Waals surface area (Å²) < 4.78 is 6.64. The van der Waals surface area contributed by atoms with Crippen molar-refractivity contribution in [2.24, 2.45) is 0 Å². The lowest BCUT2D eigenvalue weighted by Gasteiger charge is -2.19. The molecule has 1 N–H and O–H groups in total. The van der Waals surface area contributed by atoms with Crippen LogP contribution in [0.15, 0.2) is 61.2 Å². The number of halogens is 2. The molecule has 0 saturated heterocycles. The van der Waals surface area contributed by atoms with E-state index in [-0.39, 0.29) is 12.3 Å². The molecule has 1 aromatic heterocycles. The number of carbonyl (C=O) groups is 2. The van der Waals surface area contributed by atoms with E-state index in [4.69, 9.17) is 27.9 Å². The predicted molar refractivity (Wildman–Crippen MR) is 111 cm³/mol. The number of imidazole rings is 1. The molecule has 0 aliphatic rings. The number of ether oxygens (including phenoxy) is 1. The topological polar surface area (TPSA) is 73.2 Å². The number of hydrogen-bond donors (Lipinski definition) is 1. The maximum absolute atomic E-state index is 12.9. The predicted octanol–water partition coefficient (Wildman–Crippen LogP) is 4.27. The van der Waals surface area contributed by atoms with Crippen LogP contribution in [0.5, 0.6) is 0 Å². The number of aromatic nitrogens is 2. The molecule has 1 heterocycles. The zero-order valence-electron chi connectivity index (χ0n) is 15.6. The van der Waals surface area contributed by atoms with Crippen LogP contribution in [0.3, 0.4) is 0 Å². The third-order valence-corrected chi connectivity index (χ3v) is 4.75. The van der Waals surface area contributed by atoms with Gasteiger partial charge in [0.15, 0.2) is 0 Å². The third kappa shape index (κ3) is 5.82. The van der Waals surface area contributed by atoms with Gasteiger partial charge in [-0.15, -0.1) is 0 Å². The Morgan fingerprint density at radius 2 is 2.00 bits per heavy atom. The number of nitrogens with one attached hydrogen (secondary N) is 1. The van der Waals surface area contributed by atoms with E-state index in [2.05, 4.69) is 10.3 Å². The normalized spacial score (nSPS) is 11.7. The summed E-state index contributed by atoms with van der Waals surface area (Å²) in [4.78, 5) is 28.8. The number of esters is 1. The third-order valence-electron chi connectivity index (χ3n) is 4.30. The average molecular weight is 432 g/mol. The quantitative estimate of drug-likeness (QED) is 0.566. The Hall–Kier alpha value is -2.83. The molecule has 1 amide bonds. The number of benzene rings is 2. The standard InChI is InChI=1S/C21H19Cl2N3O3/c1-29-20(27)11-19(15-3-2-4-17(22)9-15)25-21(28)16-7-14(8-18(23)10-16)12-26-6-5-24-13-26/h2-10,13,19H,11-12H2,1H3,(H,25,28). The first kappa shape index (κ1) is 20.9. The zero-order chi connectivity index (χ0) is 20.8. The van der Waals surface area contributed by atoms with E-state index in [0.29, 0.717) is 27.7 Å². The molecule has 3 aromatic rings. The van der Waals surface area contributed by atoms with Crippen molar-refractivity contribution in [2.75, 3.05) is 7.11 Å². The summed E-state index contributed by atoms with van der Waals surface area (Å²) in [5.74, 6) is -0.796. The first-order valence-electron chi connectivity index (χ1n) is 8.83. The minimum atomic E-state index is -0.593. The lowest BCUT2D eigenvalue weighted by Crippen LogP contribution is -2.30. The van der Waals surface area contributed by atoms with Crippen molar-refractivity contribution in [3.05, 3.63) is 87.9 Å². The molecule has 0 aliphatic heterocycles. The van der Waals surface area contributed by atoms with Gasteiger partial charge < -0.3 is 14.6 Å². The molecule has 0 fully saturated rings. The second kappa shape index (κ2) is 9.58. The van der Waals surface area contributed by atoms with Gasteiger partial charge >= 0.3 is 5.97 Å². The summed E-state index contributed by atoms with van der Waals surface area (Å²) >= 11 is 12.3. The summed E-state index contributed by atoms with van der Waals surface area (Å²) in [6, 6.07) is 11.5. The van der Waals surface area contributed by atoms with E-state index >= 15 is 0 Å². The van der Waals surface area contributed by atoms with Gasteiger partial charge in [0.2, 0.25) is 0 Å². The van der Waals surface area contributed by atoms with Gasteiger partial charge in [-0.25, -0.2) is 4.98 Å². The Morgan fingerprint density at radius 1 is 1.17 bits per heavy atom. The minimum Gasteiger partial charge on any atom is -0.469 e. The highest BCUT2D eigenvalue weighted by Gasteiger charge is 2.20. The van der Waals surface area contributed by atoms with Gasteiger partial charge in [-0.1, -0.05) is 35.3 Å². The van der Waals surface area contributed by atoms with Crippen LogP contribution in [0.1, 0.15) is 33.9 Å². The summed E-state index contributed by atoms with van der Waals surface area (Å²) in [5.41, 5.74) is 1.95. The molecule has 0 saturated carbocycles. The first-order valence-corrected chi connectivity index (χ1v) is 9.58. The fraction of sp³-hybridized carbons (Fsp3) is 0.190. The molecule has 0 bridgehead atoms. The lowest BCUT2D eigenvalue weighted by molar-refractivity contribution is -0.141.